The normalized spacial score (nSPS) is 16.9. The first kappa shape index (κ1) is 17.2. The van der Waals surface area contributed by atoms with Gasteiger partial charge in [0.15, 0.2) is 11.2 Å². The molecule has 1 atom stereocenters. The fourth-order valence-electron chi connectivity index (χ4n) is 3.15. The molecule has 2 aromatic heterocycles. The number of hydrogen-bond donors (Lipinski definition) is 0. The van der Waals surface area contributed by atoms with E-state index >= 15 is 0 Å². The van der Waals surface area contributed by atoms with Crippen molar-refractivity contribution in [3.63, 3.8) is 0 Å². The summed E-state index contributed by atoms with van der Waals surface area (Å²) in [6.07, 6.45) is 0.896. The topological polar surface area (TPSA) is 77.4 Å². The van der Waals surface area contributed by atoms with E-state index in [0.29, 0.717) is 23.7 Å². The molecule has 25 heavy (non-hydrogen) atoms. The standard InChI is InChI=1S/C17H24N6O2/c1-7-8-22-16-18-14-13(23(16)12(5)11(4)19-22)15(24)21(9-10(2)3)17(25)20(14)6/h12H,2,7-9H2,1,3-6H3. The van der Waals surface area contributed by atoms with Gasteiger partial charge in [-0.1, -0.05) is 19.1 Å². The predicted molar refractivity (Wildman–Crippen MR) is 99.5 cm³/mol. The van der Waals surface area contributed by atoms with Crippen LogP contribution >= 0.6 is 0 Å². The number of fused-ring (bicyclic) bond motifs is 3. The fraction of sp³-hybridized carbons (Fsp3) is 0.529. The number of hydrogen-bond acceptors (Lipinski definition) is 5. The maximum Gasteiger partial charge on any atom is 0.332 e. The third kappa shape index (κ3) is 2.52. The van der Waals surface area contributed by atoms with Crippen molar-refractivity contribution in [3.05, 3.63) is 33.0 Å². The molecule has 134 valence electrons. The molecule has 0 aromatic carbocycles. The van der Waals surface area contributed by atoms with Gasteiger partial charge >= 0.3 is 5.69 Å². The Morgan fingerprint density at radius 1 is 1.32 bits per heavy atom. The Bertz CT molecular complexity index is 1010. The fourth-order valence-corrected chi connectivity index (χ4v) is 3.15. The van der Waals surface area contributed by atoms with Gasteiger partial charge in [0.2, 0.25) is 5.95 Å². The van der Waals surface area contributed by atoms with E-state index in [-0.39, 0.29) is 23.8 Å². The van der Waals surface area contributed by atoms with Crippen molar-refractivity contribution in [1.29, 1.82) is 0 Å². The van der Waals surface area contributed by atoms with Gasteiger partial charge in [-0.05, 0) is 27.2 Å². The highest BCUT2D eigenvalue weighted by molar-refractivity contribution is 5.91. The Hall–Kier alpha value is -2.64. The van der Waals surface area contributed by atoms with Crippen LogP contribution in [0.4, 0.5) is 5.95 Å². The molecule has 0 N–H and O–H groups in total. The maximum absolute atomic E-state index is 13.1. The number of hydrazone groups is 1. The molecule has 8 nitrogen and oxygen atoms in total. The molecule has 0 saturated carbocycles. The van der Waals surface area contributed by atoms with Crippen molar-refractivity contribution in [1.82, 2.24) is 18.7 Å². The molecule has 0 aliphatic carbocycles. The smallest absolute Gasteiger partial charge is 0.294 e. The maximum atomic E-state index is 13.1. The van der Waals surface area contributed by atoms with Gasteiger partial charge in [0.25, 0.3) is 5.56 Å². The second-order valence-electron chi connectivity index (χ2n) is 6.68. The van der Waals surface area contributed by atoms with E-state index in [1.165, 1.54) is 9.13 Å². The number of aromatic nitrogens is 4. The summed E-state index contributed by atoms with van der Waals surface area (Å²) >= 11 is 0. The van der Waals surface area contributed by atoms with Gasteiger partial charge in [0, 0.05) is 13.6 Å². The zero-order valence-corrected chi connectivity index (χ0v) is 15.4. The lowest BCUT2D eigenvalue weighted by Gasteiger charge is -2.28. The number of nitrogens with zero attached hydrogens (tertiary/aromatic N) is 6. The Labute approximate surface area is 145 Å². The zero-order valence-electron chi connectivity index (χ0n) is 15.4. The van der Waals surface area contributed by atoms with Crippen LogP contribution in [0, 0.1) is 0 Å². The van der Waals surface area contributed by atoms with Crippen molar-refractivity contribution >= 4 is 22.8 Å². The van der Waals surface area contributed by atoms with E-state index in [9.17, 15) is 9.59 Å². The summed E-state index contributed by atoms with van der Waals surface area (Å²) in [6, 6.07) is -0.100. The zero-order chi connectivity index (χ0) is 18.5. The van der Waals surface area contributed by atoms with Crippen molar-refractivity contribution in [3.8, 4) is 0 Å². The molecule has 0 bridgehead atoms. The lowest BCUT2D eigenvalue weighted by Crippen LogP contribution is -2.40. The molecule has 0 saturated heterocycles. The quantitative estimate of drug-likeness (QED) is 0.790. The Kier molecular flexibility index (Phi) is 4.14. The lowest BCUT2D eigenvalue weighted by atomic mass is 10.2. The van der Waals surface area contributed by atoms with Gasteiger partial charge < -0.3 is 0 Å². The molecule has 1 aliphatic heterocycles. The van der Waals surface area contributed by atoms with Crippen LogP contribution in [-0.2, 0) is 13.6 Å². The molecule has 0 radical (unpaired) electrons. The van der Waals surface area contributed by atoms with E-state index in [0.717, 1.165) is 17.7 Å². The van der Waals surface area contributed by atoms with Crippen LogP contribution in [0.5, 0.6) is 0 Å². The summed E-state index contributed by atoms with van der Waals surface area (Å²) in [7, 11) is 1.64. The van der Waals surface area contributed by atoms with Gasteiger partial charge in [-0.15, -0.1) is 0 Å². The summed E-state index contributed by atoms with van der Waals surface area (Å²) in [4.78, 5) is 30.3. The molecule has 3 rings (SSSR count). The van der Waals surface area contributed by atoms with Crippen LogP contribution in [0.25, 0.3) is 11.2 Å². The highest BCUT2D eigenvalue weighted by Gasteiger charge is 2.30. The Morgan fingerprint density at radius 2 is 2.00 bits per heavy atom. The third-order valence-corrected chi connectivity index (χ3v) is 4.52. The van der Waals surface area contributed by atoms with Crippen LogP contribution in [0.3, 0.4) is 0 Å². The summed E-state index contributed by atoms with van der Waals surface area (Å²) in [5, 5.41) is 6.41. The first-order valence-electron chi connectivity index (χ1n) is 8.46. The van der Waals surface area contributed by atoms with Gasteiger partial charge in [-0.3, -0.25) is 18.5 Å². The lowest BCUT2D eigenvalue weighted by molar-refractivity contribution is 0.622. The number of aryl methyl sites for hydroxylation is 1. The van der Waals surface area contributed by atoms with Crippen molar-refractivity contribution in [2.45, 2.75) is 46.7 Å². The minimum atomic E-state index is -0.386. The first-order chi connectivity index (χ1) is 11.8. The largest absolute Gasteiger partial charge is 0.332 e. The van der Waals surface area contributed by atoms with Gasteiger partial charge in [0.05, 0.1) is 18.3 Å². The molecule has 1 aliphatic rings. The second kappa shape index (κ2) is 6.02. The molecule has 0 amide bonds. The van der Waals surface area contributed by atoms with Crippen LogP contribution < -0.4 is 16.3 Å². The molecular weight excluding hydrogens is 320 g/mol. The third-order valence-electron chi connectivity index (χ3n) is 4.52. The van der Waals surface area contributed by atoms with Crippen molar-refractivity contribution < 1.29 is 0 Å². The average molecular weight is 344 g/mol. The minimum absolute atomic E-state index is 0.100. The van der Waals surface area contributed by atoms with Crippen molar-refractivity contribution in [2.24, 2.45) is 12.1 Å². The number of allylic oxidation sites excluding steroid dienone is 1. The summed E-state index contributed by atoms with van der Waals surface area (Å²) in [5.74, 6) is 0.607. The highest BCUT2D eigenvalue weighted by atomic mass is 16.2. The predicted octanol–water partition coefficient (Wildman–Crippen LogP) is 1.64. The second-order valence-corrected chi connectivity index (χ2v) is 6.68. The average Bonchev–Trinajstić information content (AvgIpc) is 2.95. The summed E-state index contributed by atoms with van der Waals surface area (Å²) in [6.45, 7) is 12.5. The molecule has 0 spiro atoms. The van der Waals surface area contributed by atoms with Gasteiger partial charge in [0.1, 0.15) is 0 Å². The summed E-state index contributed by atoms with van der Waals surface area (Å²) < 4.78 is 4.54. The van der Waals surface area contributed by atoms with E-state index in [4.69, 9.17) is 0 Å². The Morgan fingerprint density at radius 3 is 2.60 bits per heavy atom. The van der Waals surface area contributed by atoms with Crippen LogP contribution in [0.15, 0.2) is 26.8 Å². The molecular formula is C17H24N6O2. The monoisotopic (exact) mass is 344 g/mol. The molecule has 0 fully saturated rings. The molecule has 1 unspecified atom stereocenters. The van der Waals surface area contributed by atoms with Gasteiger partial charge in [-0.25, -0.2) is 9.80 Å². The van der Waals surface area contributed by atoms with Crippen LogP contribution in [-0.4, -0.2) is 30.9 Å². The molecule has 8 heteroatoms. The first-order valence-corrected chi connectivity index (χ1v) is 8.46. The number of anilines is 1. The number of rotatable bonds is 4. The van der Waals surface area contributed by atoms with Crippen LogP contribution in [0.2, 0.25) is 0 Å². The van der Waals surface area contributed by atoms with Crippen LogP contribution in [0.1, 0.15) is 40.2 Å². The Balaban J connectivity index is 2.40. The van der Waals surface area contributed by atoms with Gasteiger partial charge in [-0.2, -0.15) is 10.1 Å². The minimum Gasteiger partial charge on any atom is -0.294 e. The highest BCUT2D eigenvalue weighted by Crippen LogP contribution is 2.29. The number of imidazole rings is 1. The molecule has 3 heterocycles. The molecule has 2 aromatic rings. The van der Waals surface area contributed by atoms with E-state index in [1.54, 1.807) is 14.0 Å². The van der Waals surface area contributed by atoms with E-state index in [1.807, 2.05) is 23.4 Å². The van der Waals surface area contributed by atoms with Crippen molar-refractivity contribution in [2.75, 3.05) is 11.6 Å². The summed E-state index contributed by atoms with van der Waals surface area (Å²) in [5.41, 5.74) is 1.75. The van der Waals surface area contributed by atoms with E-state index in [2.05, 4.69) is 23.6 Å². The SMILES string of the molecule is C=C(C)Cn1c(=O)c2c(nc3n2C(C)C(C)=NN3CCC)n(C)c1=O. The van der Waals surface area contributed by atoms with E-state index < -0.39 is 0 Å².